The summed E-state index contributed by atoms with van der Waals surface area (Å²) >= 11 is 0. The fourth-order valence-electron chi connectivity index (χ4n) is 11.7. The summed E-state index contributed by atoms with van der Waals surface area (Å²) < 4.78 is 0. The van der Waals surface area contributed by atoms with E-state index in [0.717, 1.165) is 0 Å². The van der Waals surface area contributed by atoms with Gasteiger partial charge in [-0.2, -0.15) is 0 Å². The first-order valence-electron chi connectivity index (χ1n) is 20.8. The summed E-state index contributed by atoms with van der Waals surface area (Å²) in [7, 11) is 0. The molecule has 59 heavy (non-hydrogen) atoms. The Labute approximate surface area is 341 Å². The molecular formula is C59H34. The van der Waals surface area contributed by atoms with Crippen LogP contribution in [0, 0.1) is 0 Å². The lowest BCUT2D eigenvalue weighted by atomic mass is 9.68. The van der Waals surface area contributed by atoms with E-state index in [4.69, 9.17) is 0 Å². The van der Waals surface area contributed by atoms with Crippen molar-refractivity contribution in [3.8, 4) is 44.5 Å². The molecule has 0 saturated carbocycles. The highest BCUT2D eigenvalue weighted by atomic mass is 14.5. The number of hydrogen-bond donors (Lipinski definition) is 0. The maximum atomic E-state index is 2.59. The summed E-state index contributed by atoms with van der Waals surface area (Å²) in [5.74, 6) is 0. The molecule has 12 aromatic carbocycles. The van der Waals surface area contributed by atoms with Crippen LogP contribution >= 0.6 is 0 Å². The first kappa shape index (κ1) is 31.5. The second-order valence-electron chi connectivity index (χ2n) is 16.6. The average molecular weight is 743 g/mol. The molecule has 0 heterocycles. The molecule has 0 heteroatoms. The van der Waals surface area contributed by atoms with Crippen LogP contribution in [0.25, 0.3) is 109 Å². The van der Waals surface area contributed by atoms with Crippen molar-refractivity contribution in [2.24, 2.45) is 0 Å². The maximum Gasteiger partial charge on any atom is 0.0732 e. The summed E-state index contributed by atoms with van der Waals surface area (Å²) in [6.07, 6.45) is 0. The number of rotatable bonds is 2. The standard InChI is InChI=1S/C59H34/c1-5-23-47-41(17-1)42-18-3-6-24-49(42)58-57(47)56-46-22-4-2-19-43(46)50(34-53(56)59(58)51-25-9-7-20-44(51)45-21-8-10-26-52(45)59)39-16-12-15-38(33-39)40-31-29-37-28-27-35-13-11-14-36-30-32-48(40)55(37)54(35)36/h1-34H. The predicted molar refractivity (Wildman–Crippen MR) is 250 cm³/mol. The van der Waals surface area contributed by atoms with Gasteiger partial charge in [-0.05, 0) is 144 Å². The molecule has 0 aliphatic heterocycles. The summed E-state index contributed by atoms with van der Waals surface area (Å²) in [4.78, 5) is 0. The van der Waals surface area contributed by atoms with Gasteiger partial charge in [0.15, 0.2) is 0 Å². The van der Waals surface area contributed by atoms with E-state index < -0.39 is 5.41 Å². The van der Waals surface area contributed by atoms with Crippen molar-refractivity contribution in [3.05, 3.63) is 229 Å². The molecule has 0 radical (unpaired) electrons. The van der Waals surface area contributed by atoms with Gasteiger partial charge in [0.2, 0.25) is 0 Å². The first-order valence-corrected chi connectivity index (χ1v) is 20.8. The fourth-order valence-corrected chi connectivity index (χ4v) is 11.7. The Morgan fingerprint density at radius 2 is 0.763 bits per heavy atom. The van der Waals surface area contributed by atoms with E-state index >= 15 is 0 Å². The molecule has 14 rings (SSSR count). The number of benzene rings is 12. The van der Waals surface area contributed by atoms with Gasteiger partial charge in [-0.15, -0.1) is 0 Å². The van der Waals surface area contributed by atoms with Crippen molar-refractivity contribution >= 4 is 64.6 Å². The molecule has 270 valence electrons. The minimum absolute atomic E-state index is 0.510. The van der Waals surface area contributed by atoms with Crippen LogP contribution in [0.1, 0.15) is 22.3 Å². The van der Waals surface area contributed by atoms with Crippen LogP contribution in [0.2, 0.25) is 0 Å². The van der Waals surface area contributed by atoms with Crippen molar-refractivity contribution in [1.29, 1.82) is 0 Å². The second-order valence-corrected chi connectivity index (χ2v) is 16.6. The van der Waals surface area contributed by atoms with E-state index in [9.17, 15) is 0 Å². The van der Waals surface area contributed by atoms with E-state index in [0.29, 0.717) is 0 Å². The van der Waals surface area contributed by atoms with Crippen molar-refractivity contribution < 1.29 is 0 Å². The zero-order valence-electron chi connectivity index (χ0n) is 32.1. The Kier molecular flexibility index (Phi) is 6.05. The van der Waals surface area contributed by atoms with Crippen LogP contribution in [0.3, 0.4) is 0 Å². The molecule has 2 aliphatic rings. The quantitative estimate of drug-likeness (QED) is 0.155. The molecule has 0 N–H and O–H groups in total. The minimum atomic E-state index is -0.510. The Hall–Kier alpha value is -7.54. The highest BCUT2D eigenvalue weighted by Gasteiger charge is 2.53. The molecule has 0 fully saturated rings. The summed E-state index contributed by atoms with van der Waals surface area (Å²) in [5, 5.41) is 15.7. The Morgan fingerprint density at radius 3 is 1.47 bits per heavy atom. The zero-order chi connectivity index (χ0) is 38.4. The van der Waals surface area contributed by atoms with Gasteiger partial charge in [0.1, 0.15) is 0 Å². The Bertz CT molecular complexity index is 3730. The molecule has 0 nitrogen and oxygen atoms in total. The van der Waals surface area contributed by atoms with Crippen LogP contribution in [-0.4, -0.2) is 0 Å². The molecule has 12 aromatic rings. The summed E-state index contributed by atoms with van der Waals surface area (Å²) in [5.41, 5.74) is 15.4. The van der Waals surface area contributed by atoms with Gasteiger partial charge in [0, 0.05) is 0 Å². The third-order valence-electron chi connectivity index (χ3n) is 14.0. The van der Waals surface area contributed by atoms with Gasteiger partial charge >= 0.3 is 0 Å². The molecular weight excluding hydrogens is 709 g/mol. The minimum Gasteiger partial charge on any atom is -0.0619 e. The lowest BCUT2D eigenvalue weighted by Gasteiger charge is -2.32. The Balaban J connectivity index is 1.11. The van der Waals surface area contributed by atoms with Gasteiger partial charge in [-0.1, -0.05) is 194 Å². The average Bonchev–Trinajstić information content (AvgIpc) is 3.79. The third kappa shape index (κ3) is 3.89. The summed E-state index contributed by atoms with van der Waals surface area (Å²) in [6, 6.07) is 78.2. The van der Waals surface area contributed by atoms with Crippen LogP contribution < -0.4 is 0 Å². The molecule has 0 aromatic heterocycles. The maximum absolute atomic E-state index is 2.59. The van der Waals surface area contributed by atoms with Crippen LogP contribution in [-0.2, 0) is 5.41 Å². The van der Waals surface area contributed by atoms with E-state index in [2.05, 4.69) is 206 Å². The highest BCUT2D eigenvalue weighted by molar-refractivity contribution is 6.26. The third-order valence-corrected chi connectivity index (χ3v) is 14.0. The van der Waals surface area contributed by atoms with Gasteiger partial charge < -0.3 is 0 Å². The molecule has 0 amide bonds. The van der Waals surface area contributed by atoms with Crippen LogP contribution in [0.4, 0.5) is 0 Å². The van der Waals surface area contributed by atoms with E-state index in [1.165, 1.54) is 131 Å². The fraction of sp³-hybridized carbons (Fsp3) is 0.0169. The van der Waals surface area contributed by atoms with E-state index in [1.807, 2.05) is 0 Å². The van der Waals surface area contributed by atoms with Gasteiger partial charge in [0.25, 0.3) is 0 Å². The van der Waals surface area contributed by atoms with Crippen molar-refractivity contribution in [2.45, 2.75) is 5.41 Å². The smallest absolute Gasteiger partial charge is 0.0619 e. The normalized spacial score (nSPS) is 13.6. The monoisotopic (exact) mass is 742 g/mol. The van der Waals surface area contributed by atoms with Crippen LogP contribution in [0.5, 0.6) is 0 Å². The molecule has 2 aliphatic carbocycles. The zero-order valence-corrected chi connectivity index (χ0v) is 32.1. The van der Waals surface area contributed by atoms with Crippen LogP contribution in [0.15, 0.2) is 206 Å². The van der Waals surface area contributed by atoms with E-state index in [1.54, 1.807) is 0 Å². The van der Waals surface area contributed by atoms with Crippen molar-refractivity contribution in [2.75, 3.05) is 0 Å². The Morgan fingerprint density at radius 1 is 0.254 bits per heavy atom. The van der Waals surface area contributed by atoms with Gasteiger partial charge in [-0.25, -0.2) is 0 Å². The lowest BCUT2D eigenvalue weighted by molar-refractivity contribution is 0.803. The molecule has 0 unspecified atom stereocenters. The first-order chi connectivity index (χ1) is 29.3. The van der Waals surface area contributed by atoms with Crippen molar-refractivity contribution in [1.82, 2.24) is 0 Å². The lowest BCUT2D eigenvalue weighted by Crippen LogP contribution is -2.26. The molecule has 0 atom stereocenters. The number of fused-ring (bicyclic) bond motifs is 17. The van der Waals surface area contributed by atoms with Crippen molar-refractivity contribution in [3.63, 3.8) is 0 Å². The highest BCUT2D eigenvalue weighted by Crippen LogP contribution is 2.67. The topological polar surface area (TPSA) is 0 Å². The van der Waals surface area contributed by atoms with Gasteiger partial charge in [0.05, 0.1) is 5.41 Å². The predicted octanol–water partition coefficient (Wildman–Crippen LogP) is 15.7. The molecule has 1 spiro atoms. The number of hydrogen-bond acceptors (Lipinski definition) is 0. The largest absolute Gasteiger partial charge is 0.0732 e. The molecule has 0 saturated heterocycles. The molecule has 0 bridgehead atoms. The van der Waals surface area contributed by atoms with Gasteiger partial charge in [-0.3, -0.25) is 0 Å². The van der Waals surface area contributed by atoms with E-state index in [-0.39, 0.29) is 0 Å². The SMILES string of the molecule is c1cc(-c2cc3c(c4ccccc24)-c2c(c4ccccc4c4ccccc24)C32c3ccccc3-c3ccccc32)cc(-c2ccc3ccc4cccc5ccc2c3c45)c1. The summed E-state index contributed by atoms with van der Waals surface area (Å²) in [6.45, 7) is 0. The second kappa shape index (κ2) is 11.3.